The third-order valence-electron chi connectivity index (χ3n) is 3.42. The van der Waals surface area contributed by atoms with Gasteiger partial charge in [-0.15, -0.1) is 11.3 Å². The van der Waals surface area contributed by atoms with Crippen LogP contribution >= 0.6 is 11.3 Å². The lowest BCUT2D eigenvalue weighted by Crippen LogP contribution is -1.81. The molecule has 3 aromatic carbocycles. The second kappa shape index (κ2) is 4.18. The Morgan fingerprint density at radius 1 is 0.789 bits per heavy atom. The van der Waals surface area contributed by atoms with Crippen LogP contribution in [0, 0.1) is 0 Å². The number of rotatable bonds is 1. The number of thiazole rings is 1. The quantitative estimate of drug-likeness (QED) is 0.463. The number of aromatic nitrogens is 1. The first-order valence-corrected chi connectivity index (χ1v) is 7.11. The van der Waals surface area contributed by atoms with Crippen LogP contribution in [0.1, 0.15) is 0 Å². The number of para-hydroxylation sites is 1. The van der Waals surface area contributed by atoms with Gasteiger partial charge in [-0.1, -0.05) is 48.5 Å². The van der Waals surface area contributed by atoms with Crippen LogP contribution in [0.5, 0.6) is 0 Å². The third-order valence-corrected chi connectivity index (χ3v) is 4.22. The van der Waals surface area contributed by atoms with Crippen molar-refractivity contribution in [3.63, 3.8) is 0 Å². The molecular weight excluding hydrogens is 250 g/mol. The van der Waals surface area contributed by atoms with E-state index in [1.54, 1.807) is 11.3 Å². The molecule has 2 heteroatoms. The summed E-state index contributed by atoms with van der Waals surface area (Å²) in [5.74, 6) is 0. The van der Waals surface area contributed by atoms with Crippen LogP contribution in [-0.4, -0.2) is 4.98 Å². The first kappa shape index (κ1) is 10.7. The summed E-state index contributed by atoms with van der Waals surface area (Å²) in [5, 5.41) is 2.55. The van der Waals surface area contributed by atoms with E-state index >= 15 is 0 Å². The van der Waals surface area contributed by atoms with E-state index in [1.165, 1.54) is 26.6 Å². The fourth-order valence-corrected chi connectivity index (χ4v) is 3.18. The molecule has 0 aliphatic rings. The van der Waals surface area contributed by atoms with E-state index in [4.69, 9.17) is 0 Å². The van der Waals surface area contributed by atoms with Gasteiger partial charge in [0.15, 0.2) is 0 Å². The summed E-state index contributed by atoms with van der Waals surface area (Å²) in [6, 6.07) is 21.4. The topological polar surface area (TPSA) is 12.9 Å². The minimum Gasteiger partial charge on any atom is -0.244 e. The number of fused-ring (bicyclic) bond motifs is 2. The molecule has 4 aromatic rings. The van der Waals surface area contributed by atoms with Crippen LogP contribution in [-0.2, 0) is 0 Å². The number of nitrogens with zero attached hydrogens (tertiary/aromatic N) is 1. The van der Waals surface area contributed by atoms with Crippen molar-refractivity contribution < 1.29 is 0 Å². The van der Waals surface area contributed by atoms with Crippen LogP contribution in [0.25, 0.3) is 32.1 Å². The second-order valence-corrected chi connectivity index (χ2v) is 5.45. The maximum atomic E-state index is 4.49. The van der Waals surface area contributed by atoms with E-state index in [2.05, 4.69) is 65.6 Å². The summed E-state index contributed by atoms with van der Waals surface area (Å²) in [5.41, 5.74) is 5.46. The first-order chi connectivity index (χ1) is 9.42. The molecule has 90 valence electrons. The number of hydrogen-bond donors (Lipinski definition) is 0. The molecule has 0 spiro atoms. The van der Waals surface area contributed by atoms with Crippen LogP contribution in [0.15, 0.2) is 66.2 Å². The Bertz CT molecular complexity index is 876. The van der Waals surface area contributed by atoms with Gasteiger partial charge >= 0.3 is 0 Å². The van der Waals surface area contributed by atoms with Crippen molar-refractivity contribution in [2.24, 2.45) is 0 Å². The molecule has 0 amide bonds. The van der Waals surface area contributed by atoms with Crippen molar-refractivity contribution >= 4 is 32.3 Å². The van der Waals surface area contributed by atoms with Gasteiger partial charge in [-0.05, 0) is 28.5 Å². The highest BCUT2D eigenvalue weighted by molar-refractivity contribution is 7.16. The van der Waals surface area contributed by atoms with Crippen molar-refractivity contribution in [1.29, 1.82) is 0 Å². The highest BCUT2D eigenvalue weighted by Gasteiger charge is 2.06. The molecule has 0 fully saturated rings. The maximum absolute atomic E-state index is 4.49. The fourth-order valence-electron chi connectivity index (χ4n) is 2.48. The average molecular weight is 261 g/mol. The minimum atomic E-state index is 1.10. The van der Waals surface area contributed by atoms with Gasteiger partial charge in [0, 0.05) is 5.56 Å². The molecular formula is C17H11NS. The highest BCUT2D eigenvalue weighted by atomic mass is 32.1. The van der Waals surface area contributed by atoms with Crippen molar-refractivity contribution in [1.82, 2.24) is 4.98 Å². The van der Waals surface area contributed by atoms with Crippen LogP contribution in [0.4, 0.5) is 0 Å². The van der Waals surface area contributed by atoms with E-state index in [0.717, 1.165) is 5.52 Å². The standard InChI is InChI=1S/C17H11NS/c1-2-5-13-10-14(9-8-12(13)4-1)15-6-3-7-16-17(15)18-11-19-16/h1-11H. The fraction of sp³-hybridized carbons (Fsp3) is 0. The van der Waals surface area contributed by atoms with E-state index in [-0.39, 0.29) is 0 Å². The Hall–Kier alpha value is -2.19. The van der Waals surface area contributed by atoms with Gasteiger partial charge in [0.05, 0.1) is 15.7 Å². The number of benzene rings is 3. The largest absolute Gasteiger partial charge is 0.244 e. The molecule has 1 aromatic heterocycles. The molecule has 0 N–H and O–H groups in total. The molecule has 0 aliphatic heterocycles. The van der Waals surface area contributed by atoms with Crippen molar-refractivity contribution in [3.05, 3.63) is 66.2 Å². The smallest absolute Gasteiger partial charge is 0.0890 e. The Morgan fingerprint density at radius 2 is 1.68 bits per heavy atom. The van der Waals surface area contributed by atoms with Crippen molar-refractivity contribution in [2.45, 2.75) is 0 Å². The van der Waals surface area contributed by atoms with Crippen LogP contribution < -0.4 is 0 Å². The van der Waals surface area contributed by atoms with Gasteiger partial charge in [-0.2, -0.15) is 0 Å². The summed E-state index contributed by atoms with van der Waals surface area (Å²) < 4.78 is 1.24. The van der Waals surface area contributed by atoms with E-state index in [1.807, 2.05) is 5.51 Å². The van der Waals surface area contributed by atoms with E-state index < -0.39 is 0 Å². The summed E-state index contributed by atoms with van der Waals surface area (Å²) >= 11 is 1.69. The molecule has 0 saturated heterocycles. The van der Waals surface area contributed by atoms with Crippen LogP contribution in [0.2, 0.25) is 0 Å². The Balaban J connectivity index is 2.01. The summed E-state index contributed by atoms with van der Waals surface area (Å²) in [6.45, 7) is 0. The molecule has 1 nitrogen and oxygen atoms in total. The zero-order chi connectivity index (χ0) is 12.7. The summed E-state index contributed by atoms with van der Waals surface area (Å²) in [4.78, 5) is 4.49. The van der Waals surface area contributed by atoms with Gasteiger partial charge in [0.1, 0.15) is 0 Å². The van der Waals surface area contributed by atoms with Crippen molar-refractivity contribution in [3.8, 4) is 11.1 Å². The van der Waals surface area contributed by atoms with Gasteiger partial charge in [-0.3, -0.25) is 0 Å². The molecule has 4 rings (SSSR count). The van der Waals surface area contributed by atoms with Crippen LogP contribution in [0.3, 0.4) is 0 Å². The van der Waals surface area contributed by atoms with Gasteiger partial charge in [0.2, 0.25) is 0 Å². The molecule has 19 heavy (non-hydrogen) atoms. The van der Waals surface area contributed by atoms with Crippen molar-refractivity contribution in [2.75, 3.05) is 0 Å². The van der Waals surface area contributed by atoms with Gasteiger partial charge in [0.25, 0.3) is 0 Å². The molecule has 0 bridgehead atoms. The SMILES string of the molecule is c1ccc2cc(-c3cccc4scnc34)ccc2c1. The maximum Gasteiger partial charge on any atom is 0.0890 e. The lowest BCUT2D eigenvalue weighted by molar-refractivity contribution is 1.50. The summed E-state index contributed by atoms with van der Waals surface area (Å²) in [7, 11) is 0. The summed E-state index contributed by atoms with van der Waals surface area (Å²) in [6.07, 6.45) is 0. The Labute approximate surface area is 115 Å². The van der Waals surface area contributed by atoms with E-state index in [0.29, 0.717) is 0 Å². The second-order valence-electron chi connectivity index (χ2n) is 4.57. The van der Waals surface area contributed by atoms with Gasteiger partial charge in [-0.25, -0.2) is 4.98 Å². The zero-order valence-electron chi connectivity index (χ0n) is 10.2. The molecule has 0 saturated carbocycles. The monoisotopic (exact) mass is 261 g/mol. The van der Waals surface area contributed by atoms with Gasteiger partial charge < -0.3 is 0 Å². The molecule has 1 heterocycles. The number of hydrogen-bond acceptors (Lipinski definition) is 2. The Morgan fingerprint density at radius 3 is 2.63 bits per heavy atom. The first-order valence-electron chi connectivity index (χ1n) is 6.23. The Kier molecular flexibility index (Phi) is 2.35. The molecule has 0 radical (unpaired) electrons. The lowest BCUT2D eigenvalue weighted by atomic mass is 10.0. The predicted molar refractivity (Wildman–Crippen MR) is 82.6 cm³/mol. The lowest BCUT2D eigenvalue weighted by Gasteiger charge is -2.05. The average Bonchev–Trinajstić information content (AvgIpc) is 2.95. The molecule has 0 aliphatic carbocycles. The third kappa shape index (κ3) is 1.72. The normalized spacial score (nSPS) is 11.2. The predicted octanol–water partition coefficient (Wildman–Crippen LogP) is 5.12. The molecule has 0 atom stereocenters. The molecule has 0 unspecified atom stereocenters. The minimum absolute atomic E-state index is 1.10. The zero-order valence-corrected chi connectivity index (χ0v) is 11.0. The van der Waals surface area contributed by atoms with E-state index in [9.17, 15) is 0 Å². The highest BCUT2D eigenvalue weighted by Crippen LogP contribution is 2.31.